The SMILES string of the molecule is S=C(NCCCc1ccc(Cl)cc1)Nc1ccc(CSc2ccccc2)cc1. The first-order valence-corrected chi connectivity index (χ1v) is 11.0. The fraction of sp³-hybridized carbons (Fsp3) is 0.174. The average Bonchev–Trinajstić information content (AvgIpc) is 2.73. The van der Waals surface area contributed by atoms with Crippen molar-refractivity contribution in [3.05, 3.63) is 95.0 Å². The molecule has 0 atom stereocenters. The zero-order valence-electron chi connectivity index (χ0n) is 15.5. The van der Waals surface area contributed by atoms with Gasteiger partial charge in [-0.15, -0.1) is 11.8 Å². The first-order valence-electron chi connectivity index (χ1n) is 9.25. The van der Waals surface area contributed by atoms with Gasteiger partial charge in [-0.25, -0.2) is 0 Å². The van der Waals surface area contributed by atoms with Crippen LogP contribution in [-0.4, -0.2) is 11.7 Å². The molecule has 5 heteroatoms. The standard InChI is InChI=1S/C23H23ClN2S2/c24-20-12-8-18(9-13-20)5-4-16-25-23(27)26-21-14-10-19(11-15-21)17-28-22-6-2-1-3-7-22/h1-3,6-15H,4-5,16-17H2,(H2,25,26,27). The fourth-order valence-electron chi connectivity index (χ4n) is 2.69. The van der Waals surface area contributed by atoms with Gasteiger partial charge in [-0.3, -0.25) is 0 Å². The highest BCUT2D eigenvalue weighted by atomic mass is 35.5. The molecule has 3 aromatic rings. The molecule has 0 heterocycles. The van der Waals surface area contributed by atoms with E-state index in [1.165, 1.54) is 16.0 Å². The van der Waals surface area contributed by atoms with E-state index in [1.54, 1.807) is 0 Å². The van der Waals surface area contributed by atoms with Crippen molar-refractivity contribution in [3.63, 3.8) is 0 Å². The Morgan fingerprint density at radius 2 is 1.54 bits per heavy atom. The summed E-state index contributed by atoms with van der Waals surface area (Å²) < 4.78 is 0. The maximum absolute atomic E-state index is 5.91. The minimum absolute atomic E-state index is 0.655. The van der Waals surface area contributed by atoms with Crippen LogP contribution in [0.1, 0.15) is 17.5 Å². The molecule has 0 unspecified atom stereocenters. The van der Waals surface area contributed by atoms with Gasteiger partial charge < -0.3 is 10.6 Å². The average molecular weight is 427 g/mol. The smallest absolute Gasteiger partial charge is 0.170 e. The highest BCUT2D eigenvalue weighted by Crippen LogP contribution is 2.23. The summed E-state index contributed by atoms with van der Waals surface area (Å²) in [6.45, 7) is 0.834. The number of anilines is 1. The first kappa shape index (κ1) is 20.7. The third-order valence-corrected chi connectivity index (χ3v) is 5.78. The van der Waals surface area contributed by atoms with Crippen LogP contribution in [-0.2, 0) is 12.2 Å². The second-order valence-electron chi connectivity index (χ2n) is 6.41. The molecular formula is C23H23ClN2S2. The number of hydrogen-bond donors (Lipinski definition) is 2. The molecule has 3 aromatic carbocycles. The lowest BCUT2D eigenvalue weighted by molar-refractivity contribution is 0.777. The zero-order valence-corrected chi connectivity index (χ0v) is 17.9. The number of nitrogens with one attached hydrogen (secondary N) is 2. The number of halogens is 1. The molecule has 0 bridgehead atoms. The number of hydrogen-bond acceptors (Lipinski definition) is 2. The molecule has 0 aliphatic heterocycles. The maximum atomic E-state index is 5.91. The van der Waals surface area contributed by atoms with E-state index in [0.29, 0.717) is 5.11 Å². The summed E-state index contributed by atoms with van der Waals surface area (Å²) in [7, 11) is 0. The second kappa shape index (κ2) is 11.1. The molecule has 2 N–H and O–H groups in total. The van der Waals surface area contributed by atoms with Gasteiger partial charge in [-0.2, -0.15) is 0 Å². The molecule has 0 saturated heterocycles. The Hall–Kier alpha value is -2.01. The van der Waals surface area contributed by atoms with Crippen LogP contribution < -0.4 is 10.6 Å². The molecule has 0 aliphatic rings. The van der Waals surface area contributed by atoms with E-state index in [-0.39, 0.29) is 0 Å². The molecule has 0 fully saturated rings. The monoisotopic (exact) mass is 426 g/mol. The Labute approximate surface area is 181 Å². The largest absolute Gasteiger partial charge is 0.362 e. The number of benzene rings is 3. The molecule has 0 saturated carbocycles. The first-order chi connectivity index (χ1) is 13.7. The lowest BCUT2D eigenvalue weighted by Gasteiger charge is -2.11. The van der Waals surface area contributed by atoms with Crippen molar-refractivity contribution in [2.24, 2.45) is 0 Å². The zero-order chi connectivity index (χ0) is 19.6. The predicted molar refractivity (Wildman–Crippen MR) is 126 cm³/mol. The van der Waals surface area contributed by atoms with Crippen molar-refractivity contribution in [1.82, 2.24) is 5.32 Å². The van der Waals surface area contributed by atoms with E-state index >= 15 is 0 Å². The molecule has 144 valence electrons. The van der Waals surface area contributed by atoms with Gasteiger partial charge >= 0.3 is 0 Å². The molecule has 0 aromatic heterocycles. The van der Waals surface area contributed by atoms with Crippen molar-refractivity contribution in [2.45, 2.75) is 23.5 Å². The van der Waals surface area contributed by atoms with E-state index < -0.39 is 0 Å². The van der Waals surface area contributed by atoms with Gasteiger partial charge in [0, 0.05) is 27.9 Å². The topological polar surface area (TPSA) is 24.1 Å². The van der Waals surface area contributed by atoms with Gasteiger partial charge in [0.1, 0.15) is 0 Å². The number of rotatable bonds is 8. The molecule has 0 spiro atoms. The second-order valence-corrected chi connectivity index (χ2v) is 8.30. The number of thioether (sulfide) groups is 1. The summed E-state index contributed by atoms with van der Waals surface area (Å²) in [5.41, 5.74) is 3.58. The van der Waals surface area contributed by atoms with Gasteiger partial charge in [0.15, 0.2) is 5.11 Å². The molecule has 2 nitrogen and oxygen atoms in total. The Morgan fingerprint density at radius 1 is 0.857 bits per heavy atom. The molecule has 0 amide bonds. The van der Waals surface area contributed by atoms with Crippen molar-refractivity contribution >= 4 is 46.4 Å². The normalized spacial score (nSPS) is 10.5. The van der Waals surface area contributed by atoms with Crippen molar-refractivity contribution in [1.29, 1.82) is 0 Å². The Kier molecular flexibility index (Phi) is 8.22. The third kappa shape index (κ3) is 7.19. The summed E-state index contributed by atoms with van der Waals surface area (Å²) in [5.74, 6) is 0.956. The van der Waals surface area contributed by atoms with Crippen LogP contribution in [0.15, 0.2) is 83.8 Å². The van der Waals surface area contributed by atoms with Crippen LogP contribution in [0.3, 0.4) is 0 Å². The number of thiocarbonyl (C=S) groups is 1. The fourth-order valence-corrected chi connectivity index (χ4v) is 3.91. The highest BCUT2D eigenvalue weighted by Gasteiger charge is 2.00. The van der Waals surface area contributed by atoms with Crippen molar-refractivity contribution in [3.8, 4) is 0 Å². The summed E-state index contributed by atoms with van der Waals surface area (Å²) in [5, 5.41) is 7.94. The predicted octanol–water partition coefficient (Wildman–Crippen LogP) is 6.55. The van der Waals surface area contributed by atoms with Crippen LogP contribution in [0, 0.1) is 0 Å². The van der Waals surface area contributed by atoms with Gasteiger partial charge in [0.2, 0.25) is 0 Å². The van der Waals surface area contributed by atoms with Gasteiger partial charge in [0.05, 0.1) is 0 Å². The minimum atomic E-state index is 0.655. The third-order valence-electron chi connectivity index (χ3n) is 4.20. The van der Waals surface area contributed by atoms with Crippen LogP contribution in [0.5, 0.6) is 0 Å². The van der Waals surface area contributed by atoms with Crippen LogP contribution >= 0.6 is 35.6 Å². The Bertz CT molecular complexity index is 865. The van der Waals surface area contributed by atoms with Crippen LogP contribution in [0.2, 0.25) is 5.02 Å². The number of aryl methyl sites for hydroxylation is 1. The highest BCUT2D eigenvalue weighted by molar-refractivity contribution is 7.98. The van der Waals surface area contributed by atoms with E-state index in [2.05, 4.69) is 71.3 Å². The van der Waals surface area contributed by atoms with Crippen LogP contribution in [0.25, 0.3) is 0 Å². The molecule has 0 aliphatic carbocycles. The Morgan fingerprint density at radius 3 is 2.25 bits per heavy atom. The summed E-state index contributed by atoms with van der Waals surface area (Å²) in [6, 6.07) is 26.9. The van der Waals surface area contributed by atoms with Crippen molar-refractivity contribution < 1.29 is 0 Å². The lowest BCUT2D eigenvalue weighted by atomic mass is 10.1. The van der Waals surface area contributed by atoms with E-state index in [9.17, 15) is 0 Å². The van der Waals surface area contributed by atoms with E-state index in [4.69, 9.17) is 23.8 Å². The van der Waals surface area contributed by atoms with E-state index in [1.807, 2.05) is 30.0 Å². The van der Waals surface area contributed by atoms with Crippen LogP contribution in [0.4, 0.5) is 5.69 Å². The molecule has 3 rings (SSSR count). The molecular weight excluding hydrogens is 404 g/mol. The van der Waals surface area contributed by atoms with Crippen molar-refractivity contribution in [2.75, 3.05) is 11.9 Å². The van der Waals surface area contributed by atoms with Gasteiger partial charge in [0.25, 0.3) is 0 Å². The Balaban J connectivity index is 1.36. The van der Waals surface area contributed by atoms with E-state index in [0.717, 1.165) is 35.8 Å². The maximum Gasteiger partial charge on any atom is 0.170 e. The summed E-state index contributed by atoms with van der Waals surface area (Å²) in [4.78, 5) is 1.29. The van der Waals surface area contributed by atoms with Gasteiger partial charge in [-0.05, 0) is 72.6 Å². The minimum Gasteiger partial charge on any atom is -0.362 e. The lowest BCUT2D eigenvalue weighted by Crippen LogP contribution is -2.29. The molecule has 0 radical (unpaired) electrons. The molecule has 28 heavy (non-hydrogen) atoms. The summed E-state index contributed by atoms with van der Waals surface area (Å²) >= 11 is 13.1. The van der Waals surface area contributed by atoms with Gasteiger partial charge in [-0.1, -0.05) is 54.1 Å². The summed E-state index contributed by atoms with van der Waals surface area (Å²) in [6.07, 6.45) is 2.01. The quantitative estimate of drug-likeness (QED) is 0.242.